The number of amides is 1. The molecule has 26 heavy (non-hydrogen) atoms. The van der Waals surface area contributed by atoms with Gasteiger partial charge >= 0.3 is 6.09 Å². The molecule has 3 rings (SSSR count). The van der Waals surface area contributed by atoms with Crippen LogP contribution >= 0.6 is 0 Å². The first-order chi connectivity index (χ1) is 12.4. The Labute approximate surface area is 153 Å². The topological polar surface area (TPSA) is 76.6 Å². The Morgan fingerprint density at radius 2 is 1.96 bits per heavy atom. The Morgan fingerprint density at radius 3 is 2.62 bits per heavy atom. The van der Waals surface area contributed by atoms with Gasteiger partial charge in [0.25, 0.3) is 5.88 Å². The molecule has 0 bridgehead atoms. The van der Waals surface area contributed by atoms with Crippen LogP contribution in [0.2, 0.25) is 0 Å². The number of hydrogen-bond acceptors (Lipinski definition) is 6. The van der Waals surface area contributed by atoms with E-state index in [1.165, 1.54) is 0 Å². The molecule has 2 aromatic rings. The number of ether oxygens (including phenoxy) is 2. The van der Waals surface area contributed by atoms with Crippen LogP contribution in [-0.4, -0.2) is 53.3 Å². The van der Waals surface area contributed by atoms with E-state index < -0.39 is 5.60 Å². The molecule has 1 aromatic heterocycles. The number of benzene rings is 1. The number of fused-ring (bicyclic) bond motifs is 1. The van der Waals surface area contributed by atoms with Crippen molar-refractivity contribution in [3.8, 4) is 5.88 Å². The molecule has 1 aromatic carbocycles. The molecule has 1 amide bonds. The number of rotatable bonds is 4. The van der Waals surface area contributed by atoms with Gasteiger partial charge in [-0.25, -0.2) is 14.8 Å². The van der Waals surface area contributed by atoms with Crippen LogP contribution in [-0.2, 0) is 4.74 Å². The Bertz CT molecular complexity index is 788. The molecule has 7 nitrogen and oxygen atoms in total. The van der Waals surface area contributed by atoms with Crippen molar-refractivity contribution >= 4 is 22.9 Å². The molecule has 7 heteroatoms. The highest BCUT2D eigenvalue weighted by molar-refractivity contribution is 5.77. The van der Waals surface area contributed by atoms with Crippen LogP contribution in [0, 0.1) is 5.92 Å². The minimum atomic E-state index is -0.478. The summed E-state index contributed by atoms with van der Waals surface area (Å²) in [6, 6.07) is 7.69. The quantitative estimate of drug-likeness (QED) is 0.904. The highest BCUT2D eigenvalue weighted by Crippen LogP contribution is 2.25. The molecular weight excluding hydrogens is 332 g/mol. The van der Waals surface area contributed by atoms with Gasteiger partial charge in [0, 0.05) is 26.1 Å². The van der Waals surface area contributed by atoms with Gasteiger partial charge in [0.05, 0.1) is 17.6 Å². The van der Waals surface area contributed by atoms with Crippen LogP contribution in [0.5, 0.6) is 5.88 Å². The van der Waals surface area contributed by atoms with Crippen LogP contribution in [0.15, 0.2) is 24.3 Å². The fourth-order valence-electron chi connectivity index (χ4n) is 2.91. The minimum Gasteiger partial charge on any atom is -0.475 e. The van der Waals surface area contributed by atoms with E-state index in [2.05, 4.69) is 15.3 Å². The van der Waals surface area contributed by atoms with Crippen LogP contribution in [0.1, 0.15) is 27.2 Å². The zero-order chi connectivity index (χ0) is 18.7. The summed E-state index contributed by atoms with van der Waals surface area (Å²) in [6.07, 6.45) is 0.621. The third-order valence-corrected chi connectivity index (χ3v) is 4.17. The molecule has 0 saturated carbocycles. The van der Waals surface area contributed by atoms with Crippen molar-refractivity contribution in [2.45, 2.75) is 32.8 Å². The van der Waals surface area contributed by atoms with E-state index in [1.54, 1.807) is 11.9 Å². The minimum absolute atomic E-state index is 0.250. The zero-order valence-corrected chi connectivity index (χ0v) is 15.8. The predicted molar refractivity (Wildman–Crippen MR) is 100 cm³/mol. The maximum absolute atomic E-state index is 12.2. The van der Waals surface area contributed by atoms with Crippen LogP contribution in [0.3, 0.4) is 0 Å². The third kappa shape index (κ3) is 4.33. The summed E-state index contributed by atoms with van der Waals surface area (Å²) >= 11 is 0. The number of nitrogens with one attached hydrogen (secondary N) is 1. The van der Waals surface area contributed by atoms with Crippen molar-refractivity contribution in [1.82, 2.24) is 14.9 Å². The number of aromatic nitrogens is 2. The molecule has 0 unspecified atom stereocenters. The molecule has 0 spiro atoms. The number of hydrogen-bond donors (Lipinski definition) is 1. The van der Waals surface area contributed by atoms with Gasteiger partial charge in [0.1, 0.15) is 5.60 Å². The lowest BCUT2D eigenvalue weighted by molar-refractivity contribution is 0.0284. The van der Waals surface area contributed by atoms with Gasteiger partial charge < -0.3 is 19.7 Å². The molecule has 1 aliphatic rings. The first kappa shape index (κ1) is 18.2. The average molecular weight is 358 g/mol. The van der Waals surface area contributed by atoms with Crippen LogP contribution in [0.4, 0.5) is 10.6 Å². The first-order valence-corrected chi connectivity index (χ1v) is 8.91. The molecule has 1 aliphatic heterocycles. The summed E-state index contributed by atoms with van der Waals surface area (Å²) in [6.45, 7) is 7.43. The van der Waals surface area contributed by atoms with Crippen molar-refractivity contribution in [1.29, 1.82) is 0 Å². The molecule has 0 aliphatic carbocycles. The lowest BCUT2D eigenvalue weighted by Crippen LogP contribution is -2.35. The number of likely N-dealkylation sites (tertiary alicyclic amines) is 1. The van der Waals surface area contributed by atoms with Crippen LogP contribution in [0.25, 0.3) is 11.0 Å². The predicted octanol–water partition coefficient (Wildman–Crippen LogP) is 3.31. The van der Waals surface area contributed by atoms with E-state index in [1.807, 2.05) is 45.0 Å². The number of nitrogens with zero attached hydrogens (tertiary/aromatic N) is 3. The van der Waals surface area contributed by atoms with Crippen LogP contribution < -0.4 is 10.1 Å². The Balaban J connectivity index is 1.61. The van der Waals surface area contributed by atoms with Gasteiger partial charge in [-0.2, -0.15) is 0 Å². The molecule has 140 valence electrons. The summed E-state index contributed by atoms with van der Waals surface area (Å²) in [5.41, 5.74) is 1.14. The molecule has 1 N–H and O–H groups in total. The molecule has 2 heterocycles. The van der Waals surface area contributed by atoms with Crippen molar-refractivity contribution in [3.63, 3.8) is 0 Å². The fourth-order valence-corrected chi connectivity index (χ4v) is 2.91. The van der Waals surface area contributed by atoms with E-state index in [-0.39, 0.29) is 12.0 Å². The SMILES string of the molecule is CNc1nc2ccccc2nc1OC[C@@H]1CCN(C(=O)OC(C)(C)C)C1. The van der Waals surface area contributed by atoms with E-state index in [9.17, 15) is 4.79 Å². The smallest absolute Gasteiger partial charge is 0.410 e. The summed E-state index contributed by atoms with van der Waals surface area (Å²) in [7, 11) is 1.80. The second kappa shape index (κ2) is 7.35. The zero-order valence-electron chi connectivity index (χ0n) is 15.8. The summed E-state index contributed by atoms with van der Waals surface area (Å²) in [4.78, 5) is 23.0. The number of carbonyl (C=O) groups excluding carboxylic acids is 1. The molecule has 1 fully saturated rings. The van der Waals surface area contributed by atoms with Gasteiger partial charge in [0.15, 0.2) is 5.82 Å². The monoisotopic (exact) mass is 358 g/mol. The highest BCUT2D eigenvalue weighted by atomic mass is 16.6. The molecular formula is C19H26N4O3. The van der Waals surface area contributed by atoms with E-state index in [0.717, 1.165) is 17.5 Å². The highest BCUT2D eigenvalue weighted by Gasteiger charge is 2.30. The summed E-state index contributed by atoms with van der Waals surface area (Å²) in [5, 5.41) is 3.03. The summed E-state index contributed by atoms with van der Waals surface area (Å²) < 4.78 is 11.4. The van der Waals surface area contributed by atoms with Gasteiger partial charge in [-0.3, -0.25) is 0 Å². The van der Waals surface area contributed by atoms with Gasteiger partial charge in [-0.05, 0) is 39.3 Å². The fraction of sp³-hybridized carbons (Fsp3) is 0.526. The second-order valence-corrected chi connectivity index (χ2v) is 7.51. The second-order valence-electron chi connectivity index (χ2n) is 7.51. The maximum atomic E-state index is 12.2. The van der Waals surface area contributed by atoms with E-state index >= 15 is 0 Å². The molecule has 1 saturated heterocycles. The van der Waals surface area contributed by atoms with Crippen molar-refractivity contribution in [2.75, 3.05) is 32.1 Å². The largest absolute Gasteiger partial charge is 0.475 e. The number of carbonyl (C=O) groups is 1. The molecule has 1 atom stereocenters. The Kier molecular flexibility index (Phi) is 5.15. The van der Waals surface area contributed by atoms with E-state index in [0.29, 0.717) is 31.4 Å². The Morgan fingerprint density at radius 1 is 1.27 bits per heavy atom. The lowest BCUT2D eigenvalue weighted by Gasteiger charge is -2.24. The van der Waals surface area contributed by atoms with Gasteiger partial charge in [0.2, 0.25) is 0 Å². The van der Waals surface area contributed by atoms with Crippen molar-refractivity contribution in [2.24, 2.45) is 5.92 Å². The lowest BCUT2D eigenvalue weighted by atomic mass is 10.1. The standard InChI is InChI=1S/C19H26N4O3/c1-19(2,3)26-18(24)23-10-9-13(11-23)12-25-17-16(20-4)21-14-7-5-6-8-15(14)22-17/h5-8,13H,9-12H2,1-4H3,(H,20,21)/t13-/m1/s1. The molecule has 0 radical (unpaired) electrons. The average Bonchev–Trinajstić information content (AvgIpc) is 3.07. The number of para-hydroxylation sites is 2. The van der Waals surface area contributed by atoms with Crippen molar-refractivity contribution in [3.05, 3.63) is 24.3 Å². The normalized spacial score (nSPS) is 17.4. The van der Waals surface area contributed by atoms with Gasteiger partial charge in [-0.15, -0.1) is 0 Å². The number of anilines is 1. The summed E-state index contributed by atoms with van der Waals surface area (Å²) in [5.74, 6) is 1.35. The Hall–Kier alpha value is -2.57. The van der Waals surface area contributed by atoms with Gasteiger partial charge in [-0.1, -0.05) is 12.1 Å². The maximum Gasteiger partial charge on any atom is 0.410 e. The first-order valence-electron chi connectivity index (χ1n) is 8.91. The van der Waals surface area contributed by atoms with E-state index in [4.69, 9.17) is 9.47 Å². The third-order valence-electron chi connectivity index (χ3n) is 4.17. The van der Waals surface area contributed by atoms with Crippen molar-refractivity contribution < 1.29 is 14.3 Å².